The summed E-state index contributed by atoms with van der Waals surface area (Å²) in [5.74, 6) is 0.0222. The van der Waals surface area contributed by atoms with Gasteiger partial charge in [0.05, 0.1) is 16.5 Å². The highest BCUT2D eigenvalue weighted by Crippen LogP contribution is 2.38. The van der Waals surface area contributed by atoms with Crippen molar-refractivity contribution in [1.82, 2.24) is 4.98 Å². The number of aromatic carboxylic acids is 1. The zero-order valence-electron chi connectivity index (χ0n) is 18.6. The Labute approximate surface area is 191 Å². The normalized spacial score (nSPS) is 12.2. The first-order valence-electron chi connectivity index (χ1n) is 10.8. The van der Waals surface area contributed by atoms with Gasteiger partial charge in [0, 0.05) is 10.9 Å². The second-order valence-corrected chi connectivity index (χ2v) is 8.19. The summed E-state index contributed by atoms with van der Waals surface area (Å²) >= 11 is 0. The minimum Gasteiger partial charge on any atom is -0.485 e. The molecule has 0 saturated heterocycles. The fourth-order valence-electron chi connectivity index (χ4n) is 4.23. The quantitative estimate of drug-likeness (QED) is 0.317. The molecule has 5 rings (SSSR count). The number of benzene rings is 3. The molecule has 2 heterocycles. The molecule has 0 bridgehead atoms. The molecule has 5 heteroatoms. The van der Waals surface area contributed by atoms with Crippen LogP contribution in [0.25, 0.3) is 33.3 Å². The van der Waals surface area contributed by atoms with E-state index >= 15 is 0 Å². The number of aryl methyl sites for hydroxylation is 2. The van der Waals surface area contributed by atoms with Gasteiger partial charge < -0.3 is 14.3 Å². The number of hydrogen-bond acceptors (Lipinski definition) is 4. The first-order chi connectivity index (χ1) is 15.9. The molecule has 33 heavy (non-hydrogen) atoms. The van der Waals surface area contributed by atoms with E-state index < -0.39 is 5.97 Å². The van der Waals surface area contributed by atoms with Crippen LogP contribution in [0.2, 0.25) is 0 Å². The van der Waals surface area contributed by atoms with Crippen LogP contribution in [0.4, 0.5) is 0 Å². The Balaban J connectivity index is 1.70. The van der Waals surface area contributed by atoms with Crippen molar-refractivity contribution in [2.24, 2.45) is 0 Å². The van der Waals surface area contributed by atoms with Crippen LogP contribution in [0.5, 0.6) is 5.75 Å². The van der Waals surface area contributed by atoms with E-state index in [4.69, 9.17) is 14.1 Å². The molecule has 5 nitrogen and oxygen atoms in total. The van der Waals surface area contributed by atoms with Gasteiger partial charge in [0.1, 0.15) is 23.1 Å². The Morgan fingerprint density at radius 3 is 2.45 bits per heavy atom. The van der Waals surface area contributed by atoms with Crippen molar-refractivity contribution < 1.29 is 19.1 Å². The Hall–Kier alpha value is -4.12. The second-order valence-electron chi connectivity index (χ2n) is 8.19. The Bertz CT molecular complexity index is 1500. The molecule has 0 amide bonds. The smallest absolute Gasteiger partial charge is 0.336 e. The summed E-state index contributed by atoms with van der Waals surface area (Å²) in [5, 5.41) is 11.6. The van der Waals surface area contributed by atoms with E-state index in [0.717, 1.165) is 27.7 Å². The van der Waals surface area contributed by atoms with Crippen molar-refractivity contribution in [3.05, 3.63) is 95.1 Å². The molecule has 0 fully saturated rings. The van der Waals surface area contributed by atoms with E-state index in [0.29, 0.717) is 28.1 Å². The molecule has 1 unspecified atom stereocenters. The maximum Gasteiger partial charge on any atom is 0.336 e. The molecule has 0 aliphatic rings. The van der Waals surface area contributed by atoms with Crippen molar-refractivity contribution in [1.29, 1.82) is 0 Å². The van der Waals surface area contributed by atoms with Crippen LogP contribution >= 0.6 is 0 Å². The number of hydrogen-bond donors (Lipinski definition) is 1. The van der Waals surface area contributed by atoms with Gasteiger partial charge in [0.2, 0.25) is 0 Å². The number of nitrogens with zero attached hydrogens (tertiary/aromatic N) is 1. The summed E-state index contributed by atoms with van der Waals surface area (Å²) < 4.78 is 12.3. The lowest BCUT2D eigenvalue weighted by Crippen LogP contribution is -2.07. The lowest BCUT2D eigenvalue weighted by atomic mass is 10.0. The van der Waals surface area contributed by atoms with E-state index in [1.165, 1.54) is 0 Å². The summed E-state index contributed by atoms with van der Waals surface area (Å²) in [7, 11) is 0. The summed E-state index contributed by atoms with van der Waals surface area (Å²) in [5.41, 5.74) is 4.75. The van der Waals surface area contributed by atoms with Gasteiger partial charge in [-0.3, -0.25) is 0 Å². The number of para-hydroxylation sites is 1. The molecular formula is C28H23NO4. The average Bonchev–Trinajstić information content (AvgIpc) is 3.17. The predicted octanol–water partition coefficient (Wildman–Crippen LogP) is 7.10. The molecule has 0 aliphatic heterocycles. The molecular weight excluding hydrogens is 414 g/mol. The maximum absolute atomic E-state index is 12.4. The molecule has 0 aliphatic carbocycles. The van der Waals surface area contributed by atoms with Crippen LogP contribution in [0, 0.1) is 13.8 Å². The van der Waals surface area contributed by atoms with Crippen LogP contribution < -0.4 is 4.74 Å². The number of pyridine rings is 1. The van der Waals surface area contributed by atoms with Gasteiger partial charge in [-0.1, -0.05) is 54.6 Å². The predicted molar refractivity (Wildman–Crippen MR) is 129 cm³/mol. The molecule has 1 N–H and O–H groups in total. The monoisotopic (exact) mass is 437 g/mol. The van der Waals surface area contributed by atoms with E-state index in [2.05, 4.69) is 0 Å². The zero-order chi connectivity index (χ0) is 23.1. The van der Waals surface area contributed by atoms with E-state index in [9.17, 15) is 9.90 Å². The lowest BCUT2D eigenvalue weighted by Gasteiger charge is -2.18. The number of aromatic nitrogens is 1. The fourth-order valence-corrected chi connectivity index (χ4v) is 4.23. The number of fused-ring (bicyclic) bond motifs is 2. The SMILES string of the molecule is Cc1c(-c2cc(C(=O)O)c3c(OC(C)c4ccccc4)ccc(C)c3n2)oc2ccccc12. The van der Waals surface area contributed by atoms with Gasteiger partial charge in [-0.05, 0) is 50.1 Å². The fraction of sp³-hybridized carbons (Fsp3) is 0.143. The summed E-state index contributed by atoms with van der Waals surface area (Å²) in [6.07, 6.45) is -0.254. The minimum absolute atomic E-state index is 0.133. The molecule has 2 aromatic heterocycles. The summed E-state index contributed by atoms with van der Waals surface area (Å²) in [6.45, 7) is 5.82. The van der Waals surface area contributed by atoms with Gasteiger partial charge in [-0.2, -0.15) is 0 Å². The van der Waals surface area contributed by atoms with Crippen LogP contribution in [0.3, 0.4) is 0 Å². The average molecular weight is 437 g/mol. The van der Waals surface area contributed by atoms with Crippen LogP contribution in [0.15, 0.2) is 77.2 Å². The number of carboxylic acid groups (broad SMARTS) is 1. The third kappa shape index (κ3) is 3.61. The third-order valence-corrected chi connectivity index (χ3v) is 6.00. The number of furan rings is 1. The third-order valence-electron chi connectivity index (χ3n) is 6.00. The largest absolute Gasteiger partial charge is 0.485 e. The van der Waals surface area contributed by atoms with Gasteiger partial charge in [0.25, 0.3) is 0 Å². The van der Waals surface area contributed by atoms with Crippen molar-refractivity contribution >= 4 is 27.8 Å². The number of rotatable bonds is 5. The number of carbonyl (C=O) groups is 1. The molecule has 0 radical (unpaired) electrons. The van der Waals surface area contributed by atoms with Crippen molar-refractivity contribution in [3.63, 3.8) is 0 Å². The topological polar surface area (TPSA) is 72.6 Å². The van der Waals surface area contributed by atoms with Crippen molar-refractivity contribution in [2.45, 2.75) is 26.9 Å². The lowest BCUT2D eigenvalue weighted by molar-refractivity contribution is 0.0698. The molecule has 164 valence electrons. The highest BCUT2D eigenvalue weighted by Gasteiger charge is 2.22. The van der Waals surface area contributed by atoms with Crippen molar-refractivity contribution in [2.75, 3.05) is 0 Å². The summed E-state index contributed by atoms with van der Waals surface area (Å²) in [4.78, 5) is 17.2. The van der Waals surface area contributed by atoms with E-state index in [1.807, 2.05) is 87.5 Å². The van der Waals surface area contributed by atoms with E-state index in [1.54, 1.807) is 6.07 Å². The highest BCUT2D eigenvalue weighted by atomic mass is 16.5. The molecule has 1 atom stereocenters. The minimum atomic E-state index is -1.04. The summed E-state index contributed by atoms with van der Waals surface area (Å²) in [6, 6.07) is 22.9. The molecule has 3 aromatic carbocycles. The molecule has 5 aromatic rings. The number of carboxylic acids is 1. The van der Waals surface area contributed by atoms with E-state index in [-0.39, 0.29) is 11.7 Å². The Morgan fingerprint density at radius 2 is 1.73 bits per heavy atom. The van der Waals surface area contributed by atoms with Crippen LogP contribution in [-0.4, -0.2) is 16.1 Å². The van der Waals surface area contributed by atoms with Crippen molar-refractivity contribution in [3.8, 4) is 17.2 Å². The standard InChI is InChI=1S/C28H23NO4/c1-16-13-14-24(32-18(3)19-9-5-4-6-10-19)25-21(28(30)31)15-22(29-26(16)25)27-17(2)20-11-7-8-12-23(20)33-27/h4-15,18H,1-3H3,(H,30,31). The molecule has 0 spiro atoms. The highest BCUT2D eigenvalue weighted by molar-refractivity contribution is 6.07. The van der Waals surface area contributed by atoms with Gasteiger partial charge in [-0.15, -0.1) is 0 Å². The maximum atomic E-state index is 12.4. The van der Waals surface area contributed by atoms with Crippen LogP contribution in [-0.2, 0) is 0 Å². The Morgan fingerprint density at radius 1 is 1.00 bits per heavy atom. The van der Waals surface area contributed by atoms with Gasteiger partial charge in [-0.25, -0.2) is 9.78 Å². The zero-order valence-corrected chi connectivity index (χ0v) is 18.6. The first kappa shape index (κ1) is 20.8. The van der Waals surface area contributed by atoms with Gasteiger partial charge in [0.15, 0.2) is 5.76 Å². The first-order valence-corrected chi connectivity index (χ1v) is 10.8. The Kier molecular flexibility index (Phi) is 5.09. The molecule has 0 saturated carbocycles. The second kappa shape index (κ2) is 8.10. The van der Waals surface area contributed by atoms with Crippen LogP contribution in [0.1, 0.15) is 40.1 Å². The number of ether oxygens (including phenoxy) is 1. The van der Waals surface area contributed by atoms with Gasteiger partial charge >= 0.3 is 5.97 Å².